The second-order valence-electron chi connectivity index (χ2n) is 7.27. The molecule has 1 saturated carbocycles. The van der Waals surface area contributed by atoms with Gasteiger partial charge in [-0.1, -0.05) is 18.2 Å². The molecular formula is C18H29FIN3OS. The van der Waals surface area contributed by atoms with E-state index in [9.17, 15) is 8.60 Å². The van der Waals surface area contributed by atoms with E-state index in [1.54, 1.807) is 13.1 Å². The fraction of sp³-hybridized carbons (Fsp3) is 0.611. The van der Waals surface area contributed by atoms with Crippen LogP contribution in [0.4, 0.5) is 4.39 Å². The molecule has 0 heterocycles. The lowest BCUT2D eigenvalue weighted by Gasteiger charge is -2.21. The summed E-state index contributed by atoms with van der Waals surface area (Å²) in [5, 5.41) is 6.47. The molecule has 0 aliphatic heterocycles. The summed E-state index contributed by atoms with van der Waals surface area (Å²) < 4.78 is 25.9. The van der Waals surface area contributed by atoms with Crippen molar-refractivity contribution in [3.63, 3.8) is 0 Å². The summed E-state index contributed by atoms with van der Waals surface area (Å²) in [5.41, 5.74) is 0.652. The van der Waals surface area contributed by atoms with Crippen LogP contribution in [0.2, 0.25) is 0 Å². The van der Waals surface area contributed by atoms with Crippen LogP contribution < -0.4 is 10.6 Å². The summed E-state index contributed by atoms with van der Waals surface area (Å²) in [4.78, 5) is 4.20. The Hall–Kier alpha value is -0.700. The topological polar surface area (TPSA) is 53.5 Å². The Labute approximate surface area is 169 Å². The first kappa shape index (κ1) is 22.3. The number of nitrogens with one attached hydrogen (secondary N) is 2. The van der Waals surface area contributed by atoms with Crippen molar-refractivity contribution in [2.45, 2.75) is 43.8 Å². The van der Waals surface area contributed by atoms with Crippen molar-refractivity contribution >= 4 is 40.7 Å². The molecule has 25 heavy (non-hydrogen) atoms. The van der Waals surface area contributed by atoms with Crippen molar-refractivity contribution in [1.29, 1.82) is 0 Å². The monoisotopic (exact) mass is 481 g/mol. The van der Waals surface area contributed by atoms with Crippen molar-refractivity contribution in [2.75, 3.05) is 25.9 Å². The number of hydrogen-bond donors (Lipinski definition) is 2. The van der Waals surface area contributed by atoms with E-state index in [2.05, 4.69) is 15.6 Å². The zero-order valence-electron chi connectivity index (χ0n) is 15.4. The zero-order chi connectivity index (χ0) is 17.8. The number of aliphatic imine (C=N–C) groups is 1. The maximum absolute atomic E-state index is 14.0. The molecule has 1 aliphatic rings. The standard InChI is InChI=1S/C18H28FN3OS.HI/c1-17(2,3)24(23)12-11-21-16(20-4)22-13-18(9-10-18)14-7-5-6-8-15(14)19;/h5-8H,9-13H2,1-4H3,(H2,20,21,22);1H. The maximum atomic E-state index is 14.0. The van der Waals surface area contributed by atoms with Gasteiger partial charge in [0.15, 0.2) is 5.96 Å². The van der Waals surface area contributed by atoms with Crippen LogP contribution in [-0.4, -0.2) is 40.8 Å². The van der Waals surface area contributed by atoms with Gasteiger partial charge in [0.25, 0.3) is 0 Å². The number of halogens is 2. The molecular weight excluding hydrogens is 452 g/mol. The van der Waals surface area contributed by atoms with E-state index in [1.165, 1.54) is 6.07 Å². The van der Waals surface area contributed by atoms with Gasteiger partial charge in [-0.25, -0.2) is 4.39 Å². The van der Waals surface area contributed by atoms with Crippen LogP contribution in [0.3, 0.4) is 0 Å². The summed E-state index contributed by atoms with van der Waals surface area (Å²) in [7, 11) is 0.815. The first-order valence-electron chi connectivity index (χ1n) is 8.36. The Kier molecular flexibility index (Phi) is 8.31. The Morgan fingerprint density at radius 3 is 2.44 bits per heavy atom. The second kappa shape index (κ2) is 9.30. The SMILES string of the molecule is CN=C(NCCS(=O)C(C)(C)C)NCC1(c2ccccc2F)CC1.I. The summed E-state index contributed by atoms with van der Waals surface area (Å²) in [6.45, 7) is 7.16. The number of benzene rings is 1. The highest BCUT2D eigenvalue weighted by Crippen LogP contribution is 2.48. The third-order valence-electron chi connectivity index (χ3n) is 4.38. The van der Waals surface area contributed by atoms with Crippen LogP contribution in [0.5, 0.6) is 0 Å². The maximum Gasteiger partial charge on any atom is 0.191 e. The molecule has 0 saturated heterocycles. The first-order valence-corrected chi connectivity index (χ1v) is 9.68. The van der Waals surface area contributed by atoms with Crippen LogP contribution in [0.25, 0.3) is 0 Å². The van der Waals surface area contributed by atoms with Gasteiger partial charge in [-0.3, -0.25) is 9.20 Å². The van der Waals surface area contributed by atoms with Crippen molar-refractivity contribution < 1.29 is 8.60 Å². The third kappa shape index (κ3) is 6.20. The quantitative estimate of drug-likeness (QED) is 0.373. The number of rotatable bonds is 6. The molecule has 2 rings (SSSR count). The van der Waals surface area contributed by atoms with Gasteiger partial charge in [0, 0.05) is 46.9 Å². The summed E-state index contributed by atoms with van der Waals surface area (Å²) >= 11 is 0. The van der Waals surface area contributed by atoms with Crippen molar-refractivity contribution in [1.82, 2.24) is 10.6 Å². The fourth-order valence-electron chi connectivity index (χ4n) is 2.63. The molecule has 7 heteroatoms. The van der Waals surface area contributed by atoms with Gasteiger partial charge in [0.1, 0.15) is 5.82 Å². The van der Waals surface area contributed by atoms with Crippen molar-refractivity contribution in [3.8, 4) is 0 Å². The van der Waals surface area contributed by atoms with Crippen LogP contribution in [0, 0.1) is 5.82 Å². The Morgan fingerprint density at radius 1 is 1.28 bits per heavy atom. The molecule has 1 unspecified atom stereocenters. The van der Waals surface area contributed by atoms with Gasteiger partial charge < -0.3 is 10.6 Å². The molecule has 1 aliphatic carbocycles. The van der Waals surface area contributed by atoms with Gasteiger partial charge >= 0.3 is 0 Å². The van der Waals surface area contributed by atoms with Crippen molar-refractivity contribution in [2.24, 2.45) is 4.99 Å². The van der Waals surface area contributed by atoms with Crippen LogP contribution >= 0.6 is 24.0 Å². The molecule has 4 nitrogen and oxygen atoms in total. The predicted octanol–water partition coefficient (Wildman–Crippen LogP) is 3.19. The predicted molar refractivity (Wildman–Crippen MR) is 115 cm³/mol. The molecule has 0 aromatic heterocycles. The van der Waals surface area contributed by atoms with Gasteiger partial charge in [-0.05, 0) is 45.2 Å². The molecule has 0 amide bonds. The smallest absolute Gasteiger partial charge is 0.191 e. The molecule has 142 valence electrons. The molecule has 1 atom stereocenters. The summed E-state index contributed by atoms with van der Waals surface area (Å²) in [5.74, 6) is 1.10. The lowest BCUT2D eigenvalue weighted by molar-refractivity contribution is 0.560. The Balaban J connectivity index is 0.00000312. The minimum Gasteiger partial charge on any atom is -0.356 e. The van der Waals surface area contributed by atoms with Crippen molar-refractivity contribution in [3.05, 3.63) is 35.6 Å². The molecule has 1 aromatic rings. The lowest BCUT2D eigenvalue weighted by Crippen LogP contribution is -2.43. The molecule has 0 bridgehead atoms. The highest BCUT2D eigenvalue weighted by atomic mass is 127. The van der Waals surface area contributed by atoms with E-state index in [4.69, 9.17) is 0 Å². The molecule has 0 spiro atoms. The zero-order valence-corrected chi connectivity index (χ0v) is 18.5. The minimum absolute atomic E-state index is 0. The first-order chi connectivity index (χ1) is 11.3. The highest BCUT2D eigenvalue weighted by Gasteiger charge is 2.45. The number of nitrogens with zero attached hydrogens (tertiary/aromatic N) is 1. The van der Waals surface area contributed by atoms with E-state index in [0.717, 1.165) is 18.4 Å². The van der Waals surface area contributed by atoms with Gasteiger partial charge in [0.2, 0.25) is 0 Å². The largest absolute Gasteiger partial charge is 0.356 e. The summed E-state index contributed by atoms with van der Waals surface area (Å²) in [6.07, 6.45) is 1.96. The average molecular weight is 481 g/mol. The number of guanidine groups is 1. The number of hydrogen-bond acceptors (Lipinski definition) is 2. The van der Waals surface area contributed by atoms with E-state index < -0.39 is 10.8 Å². The fourth-order valence-corrected chi connectivity index (χ4v) is 3.53. The minimum atomic E-state index is -0.892. The van der Waals surface area contributed by atoms with Gasteiger partial charge in [0.05, 0.1) is 0 Å². The lowest BCUT2D eigenvalue weighted by atomic mass is 9.95. The van der Waals surface area contributed by atoms with E-state index in [-0.39, 0.29) is 40.0 Å². The second-order valence-corrected chi connectivity index (χ2v) is 9.60. The molecule has 2 N–H and O–H groups in total. The van der Waals surface area contributed by atoms with E-state index >= 15 is 0 Å². The normalized spacial score (nSPS) is 17.4. The average Bonchev–Trinajstić information content (AvgIpc) is 3.31. The molecule has 1 fully saturated rings. The molecule has 0 radical (unpaired) electrons. The molecule has 1 aromatic carbocycles. The van der Waals surface area contributed by atoms with E-state index in [1.807, 2.05) is 32.9 Å². The highest BCUT2D eigenvalue weighted by molar-refractivity contribution is 14.0. The Morgan fingerprint density at radius 2 is 1.92 bits per heavy atom. The summed E-state index contributed by atoms with van der Waals surface area (Å²) in [6, 6.07) is 6.99. The van der Waals surface area contributed by atoms with Crippen LogP contribution in [0.1, 0.15) is 39.2 Å². The van der Waals surface area contributed by atoms with Crippen LogP contribution in [0.15, 0.2) is 29.3 Å². The van der Waals surface area contributed by atoms with E-state index in [0.29, 0.717) is 24.8 Å². The van der Waals surface area contributed by atoms with Gasteiger partial charge in [-0.15, -0.1) is 24.0 Å². The van der Waals surface area contributed by atoms with Gasteiger partial charge in [-0.2, -0.15) is 0 Å². The third-order valence-corrected chi connectivity index (χ3v) is 6.32. The Bertz CT molecular complexity index is 627. The van der Waals surface area contributed by atoms with Crippen LogP contribution in [-0.2, 0) is 16.2 Å².